The van der Waals surface area contributed by atoms with Crippen molar-refractivity contribution in [2.45, 2.75) is 71.6 Å². The predicted octanol–water partition coefficient (Wildman–Crippen LogP) is 3.15. The fourth-order valence-corrected chi connectivity index (χ4v) is 3.92. The van der Waals surface area contributed by atoms with Crippen molar-refractivity contribution in [2.75, 3.05) is 13.2 Å². The lowest BCUT2D eigenvalue weighted by Gasteiger charge is -2.28. The van der Waals surface area contributed by atoms with Crippen LogP contribution in [0.1, 0.15) is 53.9 Å². The third-order valence-electron chi connectivity index (χ3n) is 4.70. The first-order valence-corrected chi connectivity index (χ1v) is 8.92. The minimum absolute atomic E-state index is 0.0601. The van der Waals surface area contributed by atoms with E-state index in [9.17, 15) is 14.7 Å². The van der Waals surface area contributed by atoms with Gasteiger partial charge in [-0.2, -0.15) is 0 Å². The molecule has 6 heteroatoms. The summed E-state index contributed by atoms with van der Waals surface area (Å²) in [6.45, 7) is 10.7. The van der Waals surface area contributed by atoms with Crippen molar-refractivity contribution < 1.29 is 24.2 Å². The molecule has 6 nitrogen and oxygen atoms in total. The summed E-state index contributed by atoms with van der Waals surface area (Å²) in [5.41, 5.74) is -0.647. The molecule has 2 rings (SSSR count). The Hall–Kier alpha value is -1.30. The molecule has 2 aliphatic rings. The third kappa shape index (κ3) is 4.62. The lowest BCUT2D eigenvalue weighted by atomic mass is 9.85. The van der Waals surface area contributed by atoms with E-state index in [1.165, 1.54) is 4.90 Å². The highest BCUT2D eigenvalue weighted by Gasteiger charge is 2.51. The third-order valence-corrected chi connectivity index (χ3v) is 4.70. The molecule has 2 fully saturated rings. The van der Waals surface area contributed by atoms with Gasteiger partial charge in [-0.15, -0.1) is 0 Å². The second-order valence-corrected chi connectivity index (χ2v) is 8.53. The van der Waals surface area contributed by atoms with Crippen molar-refractivity contribution in [1.82, 2.24) is 4.90 Å². The molecule has 0 spiro atoms. The van der Waals surface area contributed by atoms with Crippen molar-refractivity contribution in [3.05, 3.63) is 0 Å². The van der Waals surface area contributed by atoms with Crippen LogP contribution in [0.4, 0.5) is 4.79 Å². The fraction of sp³-hybridized carbons (Fsp3) is 0.889. The van der Waals surface area contributed by atoms with Gasteiger partial charge in [0.05, 0.1) is 6.10 Å². The van der Waals surface area contributed by atoms with Gasteiger partial charge in [-0.05, 0) is 51.9 Å². The van der Waals surface area contributed by atoms with E-state index < -0.39 is 29.8 Å². The van der Waals surface area contributed by atoms with Crippen LogP contribution in [0.15, 0.2) is 0 Å². The number of hydrogen-bond acceptors (Lipinski definition) is 4. The lowest BCUT2D eigenvalue weighted by Crippen LogP contribution is -2.47. The van der Waals surface area contributed by atoms with Crippen LogP contribution in [0.2, 0.25) is 0 Å². The number of fused-ring (bicyclic) bond motifs is 1. The number of carbonyl (C=O) groups is 2. The summed E-state index contributed by atoms with van der Waals surface area (Å²) in [6, 6.07) is -0.956. The van der Waals surface area contributed by atoms with Crippen LogP contribution in [0.3, 0.4) is 0 Å². The Bertz CT molecular complexity index is 471. The first-order chi connectivity index (χ1) is 11.1. The van der Waals surface area contributed by atoms with Gasteiger partial charge in [-0.1, -0.05) is 13.8 Å². The van der Waals surface area contributed by atoms with Crippen LogP contribution in [0.25, 0.3) is 0 Å². The summed E-state index contributed by atoms with van der Waals surface area (Å²) in [4.78, 5) is 25.6. The summed E-state index contributed by atoms with van der Waals surface area (Å²) >= 11 is 0. The molecule has 1 amide bonds. The lowest BCUT2D eigenvalue weighted by molar-refractivity contribution is -0.146. The van der Waals surface area contributed by atoms with Gasteiger partial charge in [0.2, 0.25) is 0 Å². The number of likely N-dealkylation sites (tertiary alicyclic amines) is 1. The Morgan fingerprint density at radius 1 is 1.33 bits per heavy atom. The average molecular weight is 341 g/mol. The maximum atomic E-state index is 12.4. The molecular weight excluding hydrogens is 310 g/mol. The molecule has 2 heterocycles. The molecule has 0 bridgehead atoms. The van der Waals surface area contributed by atoms with Gasteiger partial charge in [-0.25, -0.2) is 9.59 Å². The van der Waals surface area contributed by atoms with Crippen molar-refractivity contribution >= 4 is 12.1 Å². The largest absolute Gasteiger partial charge is 0.480 e. The number of rotatable bonds is 3. The van der Waals surface area contributed by atoms with E-state index in [1.54, 1.807) is 20.8 Å². The van der Waals surface area contributed by atoms with E-state index in [0.29, 0.717) is 25.0 Å². The van der Waals surface area contributed by atoms with Crippen LogP contribution in [-0.2, 0) is 14.3 Å². The van der Waals surface area contributed by atoms with E-state index in [4.69, 9.17) is 9.47 Å². The minimum atomic E-state index is -1.02. The molecule has 0 saturated carbocycles. The van der Waals surface area contributed by atoms with E-state index >= 15 is 0 Å². The van der Waals surface area contributed by atoms with E-state index in [-0.39, 0.29) is 5.92 Å². The molecule has 138 valence electrons. The minimum Gasteiger partial charge on any atom is -0.480 e. The van der Waals surface area contributed by atoms with Crippen molar-refractivity contribution in [3.63, 3.8) is 0 Å². The average Bonchev–Trinajstić information content (AvgIpc) is 2.64. The first kappa shape index (κ1) is 19.0. The maximum Gasteiger partial charge on any atom is 0.411 e. The molecule has 0 aromatic carbocycles. The topological polar surface area (TPSA) is 76.1 Å². The monoisotopic (exact) mass is 341 g/mol. The number of carbonyl (C=O) groups excluding carboxylic acids is 1. The summed E-state index contributed by atoms with van der Waals surface area (Å²) < 4.78 is 11.3. The van der Waals surface area contributed by atoms with Crippen molar-refractivity contribution in [3.8, 4) is 0 Å². The first-order valence-electron chi connectivity index (χ1n) is 8.92. The van der Waals surface area contributed by atoms with Gasteiger partial charge in [0, 0.05) is 19.1 Å². The Morgan fingerprint density at radius 3 is 2.54 bits per heavy atom. The van der Waals surface area contributed by atoms with Crippen LogP contribution < -0.4 is 0 Å². The number of ether oxygens (including phenoxy) is 2. The molecule has 0 radical (unpaired) electrons. The quantitative estimate of drug-likeness (QED) is 0.853. The molecule has 0 unspecified atom stereocenters. The van der Waals surface area contributed by atoms with Gasteiger partial charge in [-0.3, -0.25) is 4.90 Å². The van der Waals surface area contributed by atoms with Crippen molar-refractivity contribution in [1.29, 1.82) is 0 Å². The zero-order valence-corrected chi connectivity index (χ0v) is 15.4. The zero-order valence-electron chi connectivity index (χ0n) is 15.4. The summed E-state index contributed by atoms with van der Waals surface area (Å²) in [6.07, 6.45) is 1.98. The van der Waals surface area contributed by atoms with Gasteiger partial charge in [0.1, 0.15) is 5.60 Å². The van der Waals surface area contributed by atoms with Crippen LogP contribution in [0, 0.1) is 17.8 Å². The number of carboxylic acid groups (broad SMARTS) is 1. The second kappa shape index (κ2) is 7.30. The van der Waals surface area contributed by atoms with Gasteiger partial charge in [0.25, 0.3) is 0 Å². The number of aliphatic carboxylic acids is 1. The van der Waals surface area contributed by atoms with E-state index in [1.807, 2.05) is 0 Å². The molecule has 2 aliphatic heterocycles. The fourth-order valence-electron chi connectivity index (χ4n) is 3.92. The number of carboxylic acids is 1. The Labute approximate surface area is 144 Å². The molecule has 24 heavy (non-hydrogen) atoms. The molecule has 2 saturated heterocycles. The van der Waals surface area contributed by atoms with Crippen LogP contribution in [-0.4, -0.2) is 53.0 Å². The van der Waals surface area contributed by atoms with Gasteiger partial charge >= 0.3 is 12.1 Å². The molecule has 1 N–H and O–H groups in total. The summed E-state index contributed by atoms with van der Waals surface area (Å²) in [7, 11) is 0. The Balaban J connectivity index is 2.15. The predicted molar refractivity (Wildman–Crippen MR) is 89.8 cm³/mol. The smallest absolute Gasteiger partial charge is 0.411 e. The normalized spacial score (nSPS) is 30.8. The highest BCUT2D eigenvalue weighted by Crippen LogP contribution is 2.37. The van der Waals surface area contributed by atoms with E-state index in [2.05, 4.69) is 13.8 Å². The Kier molecular flexibility index (Phi) is 5.78. The maximum absolute atomic E-state index is 12.4. The summed E-state index contributed by atoms with van der Waals surface area (Å²) in [5.74, 6) is 0.166. The van der Waals surface area contributed by atoms with E-state index in [0.717, 1.165) is 19.3 Å². The summed E-state index contributed by atoms with van der Waals surface area (Å²) in [5, 5.41) is 9.64. The second-order valence-electron chi connectivity index (χ2n) is 8.53. The molecule has 4 atom stereocenters. The molecule has 0 aromatic heterocycles. The van der Waals surface area contributed by atoms with Gasteiger partial charge in [0.15, 0.2) is 6.04 Å². The number of hydrogen-bond donors (Lipinski definition) is 1. The van der Waals surface area contributed by atoms with Crippen molar-refractivity contribution in [2.24, 2.45) is 17.8 Å². The standard InChI is InChI=1S/C18H31NO5/c1-11(2)8-12-6-7-23-15-13(9-12)10-19(14(15)16(20)21)17(22)24-18(3,4)5/h11-15H,6-10H2,1-5H3,(H,20,21)/t12-,13-,14-,15+/m0/s1. The number of nitrogens with zero attached hydrogens (tertiary/aromatic N) is 1. The SMILES string of the molecule is CC(C)C[C@@H]1CCO[C@@H]2[C@@H](C1)CN(C(=O)OC(C)(C)C)[C@@H]2C(=O)O. The molecule has 0 aliphatic carbocycles. The highest BCUT2D eigenvalue weighted by molar-refractivity contribution is 5.81. The molecular formula is C18H31NO5. The van der Waals surface area contributed by atoms with Crippen LogP contribution in [0.5, 0.6) is 0 Å². The van der Waals surface area contributed by atoms with Crippen LogP contribution >= 0.6 is 0 Å². The highest BCUT2D eigenvalue weighted by atomic mass is 16.6. The number of amides is 1. The molecule has 0 aromatic rings. The zero-order chi connectivity index (χ0) is 18.1. The Morgan fingerprint density at radius 2 is 2.00 bits per heavy atom. The van der Waals surface area contributed by atoms with Gasteiger partial charge < -0.3 is 14.6 Å².